The van der Waals surface area contributed by atoms with Gasteiger partial charge in [0.2, 0.25) is 11.8 Å². The van der Waals surface area contributed by atoms with Gasteiger partial charge in [0.25, 0.3) is 0 Å². The van der Waals surface area contributed by atoms with Gasteiger partial charge in [-0.05, 0) is 6.92 Å². The summed E-state index contributed by atoms with van der Waals surface area (Å²) < 4.78 is 6.70. The number of carbonyl (C=O) groups is 2. The standard InChI is InChI=1S/C18H22N4O3/c1-13-3-5-14(6-4-13)15-11-17-21(12-16(23)19-8-10-25-2)18(24)7-9-22(17)20-15/h3-6,11H,7-10,12H2,1-2H3,(H,19,23). The molecular weight excluding hydrogens is 320 g/mol. The summed E-state index contributed by atoms with van der Waals surface area (Å²) in [6, 6.07) is 9.93. The number of anilines is 1. The van der Waals surface area contributed by atoms with E-state index in [1.807, 2.05) is 37.3 Å². The van der Waals surface area contributed by atoms with Crippen molar-refractivity contribution in [2.24, 2.45) is 0 Å². The summed E-state index contributed by atoms with van der Waals surface area (Å²) in [5, 5.41) is 7.33. The molecule has 0 radical (unpaired) electrons. The van der Waals surface area contributed by atoms with Gasteiger partial charge in [-0.15, -0.1) is 0 Å². The SMILES string of the molecule is COCCNC(=O)CN1C(=O)CCn2nc(-c3ccc(C)cc3)cc21. The summed E-state index contributed by atoms with van der Waals surface area (Å²) in [4.78, 5) is 25.9. The van der Waals surface area contributed by atoms with Crippen LogP contribution in [0.15, 0.2) is 30.3 Å². The van der Waals surface area contributed by atoms with Gasteiger partial charge in [0, 0.05) is 31.7 Å². The molecule has 0 fully saturated rings. The Bertz CT molecular complexity index is 767. The molecule has 3 rings (SSSR count). The van der Waals surface area contributed by atoms with Crippen LogP contribution in [0.2, 0.25) is 0 Å². The molecule has 0 bridgehead atoms. The topological polar surface area (TPSA) is 76.5 Å². The van der Waals surface area contributed by atoms with Crippen LogP contribution in [0.1, 0.15) is 12.0 Å². The van der Waals surface area contributed by atoms with Crippen molar-refractivity contribution in [3.8, 4) is 11.3 Å². The van der Waals surface area contributed by atoms with Crippen LogP contribution in [0.4, 0.5) is 5.82 Å². The van der Waals surface area contributed by atoms with Gasteiger partial charge in [0.05, 0.1) is 18.8 Å². The maximum absolute atomic E-state index is 12.3. The van der Waals surface area contributed by atoms with Gasteiger partial charge in [-0.25, -0.2) is 4.68 Å². The largest absolute Gasteiger partial charge is 0.383 e. The number of aromatic nitrogens is 2. The van der Waals surface area contributed by atoms with Crippen LogP contribution >= 0.6 is 0 Å². The molecule has 1 aliphatic heterocycles. The van der Waals surface area contributed by atoms with E-state index in [9.17, 15) is 9.59 Å². The molecule has 0 spiro atoms. The van der Waals surface area contributed by atoms with Gasteiger partial charge >= 0.3 is 0 Å². The number of rotatable bonds is 6. The smallest absolute Gasteiger partial charge is 0.240 e. The van der Waals surface area contributed by atoms with Crippen LogP contribution in [0.3, 0.4) is 0 Å². The highest BCUT2D eigenvalue weighted by Gasteiger charge is 2.28. The van der Waals surface area contributed by atoms with Crippen LogP contribution in [-0.2, 0) is 20.9 Å². The van der Waals surface area contributed by atoms with Crippen molar-refractivity contribution in [1.29, 1.82) is 0 Å². The Morgan fingerprint density at radius 2 is 2.08 bits per heavy atom. The zero-order valence-corrected chi connectivity index (χ0v) is 14.5. The molecule has 2 aromatic rings. The van der Waals surface area contributed by atoms with Gasteiger partial charge in [-0.2, -0.15) is 5.10 Å². The number of aryl methyl sites for hydroxylation is 2. The minimum Gasteiger partial charge on any atom is -0.383 e. The first kappa shape index (κ1) is 17.2. The van der Waals surface area contributed by atoms with Gasteiger partial charge in [0.15, 0.2) is 0 Å². The van der Waals surface area contributed by atoms with Crippen LogP contribution in [0.25, 0.3) is 11.3 Å². The zero-order chi connectivity index (χ0) is 17.8. The van der Waals surface area contributed by atoms with Gasteiger partial charge in [0.1, 0.15) is 12.4 Å². The number of fused-ring (bicyclic) bond motifs is 1. The monoisotopic (exact) mass is 342 g/mol. The predicted octanol–water partition coefficient (Wildman–Crippen LogP) is 1.36. The maximum Gasteiger partial charge on any atom is 0.240 e. The van der Waals surface area contributed by atoms with E-state index in [0.717, 1.165) is 11.3 Å². The molecule has 2 heterocycles. The van der Waals surface area contributed by atoms with Crippen LogP contribution in [0, 0.1) is 6.92 Å². The van der Waals surface area contributed by atoms with E-state index >= 15 is 0 Å². The molecule has 1 N–H and O–H groups in total. The van der Waals surface area contributed by atoms with E-state index in [1.165, 1.54) is 10.5 Å². The van der Waals surface area contributed by atoms with Crippen LogP contribution < -0.4 is 10.2 Å². The van der Waals surface area contributed by atoms with Crippen molar-refractivity contribution in [2.75, 3.05) is 31.7 Å². The Kier molecular flexibility index (Phi) is 5.14. The van der Waals surface area contributed by atoms with Gasteiger partial charge in [-0.3, -0.25) is 14.5 Å². The third kappa shape index (κ3) is 3.88. The number of amides is 2. The molecular formula is C18H22N4O3. The van der Waals surface area contributed by atoms with Crippen molar-refractivity contribution in [2.45, 2.75) is 19.9 Å². The van der Waals surface area contributed by atoms with E-state index in [1.54, 1.807) is 11.8 Å². The Hall–Kier alpha value is -2.67. The van der Waals surface area contributed by atoms with Crippen LogP contribution in [-0.4, -0.2) is 48.4 Å². The third-order valence-electron chi connectivity index (χ3n) is 4.15. The quantitative estimate of drug-likeness (QED) is 0.804. The Labute approximate surface area is 146 Å². The fourth-order valence-electron chi connectivity index (χ4n) is 2.78. The fourth-order valence-corrected chi connectivity index (χ4v) is 2.78. The lowest BCUT2D eigenvalue weighted by Crippen LogP contribution is -2.44. The molecule has 1 aromatic heterocycles. The number of nitrogens with zero attached hydrogens (tertiary/aromatic N) is 3. The Morgan fingerprint density at radius 1 is 1.32 bits per heavy atom. The van der Waals surface area contributed by atoms with E-state index in [2.05, 4.69) is 10.4 Å². The lowest BCUT2D eigenvalue weighted by atomic mass is 10.1. The van der Waals surface area contributed by atoms with E-state index in [4.69, 9.17) is 4.74 Å². The van der Waals surface area contributed by atoms with Gasteiger partial charge < -0.3 is 10.1 Å². The zero-order valence-electron chi connectivity index (χ0n) is 14.5. The number of hydrogen-bond donors (Lipinski definition) is 1. The van der Waals surface area contributed by atoms with Crippen LogP contribution in [0.5, 0.6) is 0 Å². The molecule has 0 unspecified atom stereocenters. The Balaban J connectivity index is 1.79. The number of nitrogens with one attached hydrogen (secondary N) is 1. The second-order valence-corrected chi connectivity index (χ2v) is 6.05. The third-order valence-corrected chi connectivity index (χ3v) is 4.15. The maximum atomic E-state index is 12.3. The normalized spacial score (nSPS) is 13.7. The fraction of sp³-hybridized carbons (Fsp3) is 0.389. The average Bonchev–Trinajstić information content (AvgIpc) is 3.03. The average molecular weight is 342 g/mol. The summed E-state index contributed by atoms with van der Waals surface area (Å²) in [6.45, 7) is 3.41. The van der Waals surface area contributed by atoms with Crippen molar-refractivity contribution < 1.29 is 14.3 Å². The highest BCUT2D eigenvalue weighted by molar-refractivity contribution is 5.99. The first-order valence-electron chi connectivity index (χ1n) is 8.29. The lowest BCUT2D eigenvalue weighted by Gasteiger charge is -2.26. The molecule has 1 aromatic carbocycles. The first-order chi connectivity index (χ1) is 12.1. The second-order valence-electron chi connectivity index (χ2n) is 6.05. The van der Waals surface area contributed by atoms with Crippen molar-refractivity contribution >= 4 is 17.6 Å². The number of hydrogen-bond acceptors (Lipinski definition) is 4. The van der Waals surface area contributed by atoms with Crippen molar-refractivity contribution in [3.63, 3.8) is 0 Å². The highest BCUT2D eigenvalue weighted by Crippen LogP contribution is 2.28. The minimum absolute atomic E-state index is 0.0123. The number of ether oxygens (including phenoxy) is 1. The highest BCUT2D eigenvalue weighted by atomic mass is 16.5. The molecule has 2 amide bonds. The van der Waals surface area contributed by atoms with E-state index in [-0.39, 0.29) is 18.4 Å². The molecule has 0 saturated heterocycles. The number of benzene rings is 1. The summed E-state index contributed by atoms with van der Waals surface area (Å²) in [5.74, 6) is 0.385. The molecule has 7 heteroatoms. The Morgan fingerprint density at radius 3 is 2.80 bits per heavy atom. The molecule has 132 valence electrons. The minimum atomic E-state index is -0.211. The van der Waals surface area contributed by atoms with Crippen molar-refractivity contribution in [1.82, 2.24) is 15.1 Å². The second kappa shape index (κ2) is 7.48. The van der Waals surface area contributed by atoms with Crippen molar-refractivity contribution in [3.05, 3.63) is 35.9 Å². The number of methoxy groups -OCH3 is 1. The van der Waals surface area contributed by atoms with E-state index in [0.29, 0.717) is 31.9 Å². The molecule has 0 saturated carbocycles. The molecule has 0 aliphatic carbocycles. The molecule has 0 atom stereocenters. The molecule has 25 heavy (non-hydrogen) atoms. The lowest BCUT2D eigenvalue weighted by molar-refractivity contribution is -0.124. The summed E-state index contributed by atoms with van der Waals surface area (Å²) >= 11 is 0. The molecule has 7 nitrogen and oxygen atoms in total. The number of carbonyl (C=O) groups excluding carboxylic acids is 2. The summed E-state index contributed by atoms with van der Waals surface area (Å²) in [5.41, 5.74) is 2.97. The first-order valence-corrected chi connectivity index (χ1v) is 8.29. The summed E-state index contributed by atoms with van der Waals surface area (Å²) in [6.07, 6.45) is 0.341. The molecule has 1 aliphatic rings. The predicted molar refractivity (Wildman–Crippen MR) is 94.3 cm³/mol. The van der Waals surface area contributed by atoms with Gasteiger partial charge in [-0.1, -0.05) is 29.8 Å². The summed E-state index contributed by atoms with van der Waals surface area (Å²) in [7, 11) is 1.57. The van der Waals surface area contributed by atoms with E-state index < -0.39 is 0 Å².